The van der Waals surface area contributed by atoms with Crippen LogP contribution in [0.5, 0.6) is 0 Å². The summed E-state index contributed by atoms with van der Waals surface area (Å²) in [5.41, 5.74) is 4.29. The van der Waals surface area contributed by atoms with E-state index in [2.05, 4.69) is 15.5 Å². The first kappa shape index (κ1) is 12.0. The summed E-state index contributed by atoms with van der Waals surface area (Å²) in [5, 5.41) is 3.89. The Labute approximate surface area is 105 Å². The second-order valence-corrected chi connectivity index (χ2v) is 3.74. The van der Waals surface area contributed by atoms with E-state index in [1.807, 2.05) is 36.4 Å². The highest BCUT2D eigenvalue weighted by Crippen LogP contribution is 1.97. The summed E-state index contributed by atoms with van der Waals surface area (Å²) >= 11 is 0. The Morgan fingerprint density at radius 3 is 2.78 bits per heavy atom. The predicted octanol–water partition coefficient (Wildman–Crippen LogP) is 1.77. The monoisotopic (exact) mass is 239 g/mol. The number of nitrogens with one attached hydrogen (secondary N) is 1. The van der Waals surface area contributed by atoms with Crippen molar-refractivity contribution in [2.45, 2.75) is 6.42 Å². The van der Waals surface area contributed by atoms with Gasteiger partial charge in [0.2, 0.25) is 5.91 Å². The lowest BCUT2D eigenvalue weighted by Gasteiger charge is -1.99. The first-order valence-electron chi connectivity index (χ1n) is 5.60. The highest BCUT2D eigenvalue weighted by molar-refractivity contribution is 5.83. The van der Waals surface area contributed by atoms with E-state index in [1.165, 1.54) is 0 Å². The van der Waals surface area contributed by atoms with Crippen LogP contribution in [0.15, 0.2) is 60.0 Å². The molecule has 18 heavy (non-hydrogen) atoms. The van der Waals surface area contributed by atoms with Crippen molar-refractivity contribution in [3.05, 3.63) is 66.0 Å². The fourth-order valence-corrected chi connectivity index (χ4v) is 1.45. The number of hydrogen-bond donors (Lipinski definition) is 1. The number of amides is 1. The second-order valence-electron chi connectivity index (χ2n) is 3.74. The molecule has 0 saturated carbocycles. The van der Waals surface area contributed by atoms with Crippen LogP contribution in [0.25, 0.3) is 0 Å². The van der Waals surface area contributed by atoms with E-state index >= 15 is 0 Å². The Balaban J connectivity index is 1.84. The zero-order valence-corrected chi connectivity index (χ0v) is 9.78. The van der Waals surface area contributed by atoms with E-state index in [9.17, 15) is 4.79 Å². The first-order chi connectivity index (χ1) is 8.84. The number of hydrogen-bond acceptors (Lipinski definition) is 3. The molecular weight excluding hydrogens is 226 g/mol. The molecular formula is C14H13N3O. The van der Waals surface area contributed by atoms with Crippen LogP contribution in [0.2, 0.25) is 0 Å². The molecule has 0 spiro atoms. The molecule has 0 bridgehead atoms. The molecule has 4 nitrogen and oxygen atoms in total. The molecule has 1 heterocycles. The number of carbonyl (C=O) groups is 1. The minimum atomic E-state index is -0.157. The standard InChI is InChI=1S/C14H13N3O/c18-14(9-13-7-4-8-15-10-13)17-16-11-12-5-2-1-3-6-12/h1-8,10-11H,9H2,(H,17,18)/b16-11-. The average molecular weight is 239 g/mol. The van der Waals surface area contributed by atoms with Crippen molar-refractivity contribution >= 4 is 12.1 Å². The lowest BCUT2D eigenvalue weighted by molar-refractivity contribution is -0.120. The van der Waals surface area contributed by atoms with Crippen molar-refractivity contribution in [3.63, 3.8) is 0 Å². The van der Waals surface area contributed by atoms with E-state index in [0.29, 0.717) is 0 Å². The molecule has 1 aromatic carbocycles. The molecule has 0 aliphatic heterocycles. The number of benzene rings is 1. The van der Waals surface area contributed by atoms with E-state index in [1.54, 1.807) is 24.7 Å². The molecule has 0 aliphatic rings. The maximum absolute atomic E-state index is 11.6. The molecule has 0 aliphatic carbocycles. The van der Waals surface area contributed by atoms with E-state index in [4.69, 9.17) is 0 Å². The molecule has 0 saturated heterocycles. The number of aromatic nitrogens is 1. The Morgan fingerprint density at radius 1 is 1.22 bits per heavy atom. The third-order valence-corrected chi connectivity index (χ3v) is 2.29. The van der Waals surface area contributed by atoms with Crippen LogP contribution in [-0.2, 0) is 11.2 Å². The zero-order valence-electron chi connectivity index (χ0n) is 9.78. The van der Waals surface area contributed by atoms with Crippen LogP contribution in [-0.4, -0.2) is 17.1 Å². The minimum absolute atomic E-state index is 0.157. The van der Waals surface area contributed by atoms with Gasteiger partial charge in [-0.05, 0) is 17.2 Å². The Bertz CT molecular complexity index is 523. The SMILES string of the molecule is O=C(Cc1cccnc1)N/N=C\c1ccccc1. The second kappa shape index (κ2) is 6.30. The van der Waals surface area contributed by atoms with E-state index < -0.39 is 0 Å². The van der Waals surface area contributed by atoms with Crippen molar-refractivity contribution < 1.29 is 4.79 Å². The van der Waals surface area contributed by atoms with Crippen molar-refractivity contribution in [3.8, 4) is 0 Å². The number of carbonyl (C=O) groups excluding carboxylic acids is 1. The summed E-state index contributed by atoms with van der Waals surface area (Å²) < 4.78 is 0. The minimum Gasteiger partial charge on any atom is -0.273 e. The third-order valence-electron chi connectivity index (χ3n) is 2.29. The van der Waals surface area contributed by atoms with E-state index in [0.717, 1.165) is 11.1 Å². The largest absolute Gasteiger partial charge is 0.273 e. The van der Waals surface area contributed by atoms with Gasteiger partial charge in [-0.1, -0.05) is 36.4 Å². The van der Waals surface area contributed by atoms with Crippen LogP contribution in [0.4, 0.5) is 0 Å². The lowest BCUT2D eigenvalue weighted by Crippen LogP contribution is -2.19. The normalized spacial score (nSPS) is 10.4. The topological polar surface area (TPSA) is 54.4 Å². The van der Waals surface area contributed by atoms with Crippen LogP contribution in [0, 0.1) is 0 Å². The molecule has 0 unspecified atom stereocenters. The number of rotatable bonds is 4. The maximum atomic E-state index is 11.6. The van der Waals surface area contributed by atoms with Crippen LogP contribution >= 0.6 is 0 Å². The highest BCUT2D eigenvalue weighted by Gasteiger charge is 2.00. The lowest BCUT2D eigenvalue weighted by atomic mass is 10.2. The zero-order chi connectivity index (χ0) is 12.6. The molecule has 2 rings (SSSR count). The summed E-state index contributed by atoms with van der Waals surface area (Å²) in [4.78, 5) is 15.5. The molecule has 1 aromatic heterocycles. The fraction of sp³-hybridized carbons (Fsp3) is 0.0714. The van der Waals surface area contributed by atoms with E-state index in [-0.39, 0.29) is 12.3 Å². The maximum Gasteiger partial charge on any atom is 0.244 e. The summed E-state index contributed by atoms with van der Waals surface area (Å²) in [6, 6.07) is 13.2. The number of pyridine rings is 1. The first-order valence-corrected chi connectivity index (χ1v) is 5.60. The summed E-state index contributed by atoms with van der Waals surface area (Å²) in [6.45, 7) is 0. The van der Waals surface area contributed by atoms with Gasteiger partial charge in [0.1, 0.15) is 0 Å². The molecule has 0 atom stereocenters. The van der Waals surface area contributed by atoms with Crippen LogP contribution in [0.1, 0.15) is 11.1 Å². The molecule has 1 N–H and O–H groups in total. The van der Waals surface area contributed by atoms with Gasteiger partial charge < -0.3 is 0 Å². The van der Waals surface area contributed by atoms with Crippen molar-refractivity contribution in [2.24, 2.45) is 5.10 Å². The molecule has 1 amide bonds. The molecule has 0 radical (unpaired) electrons. The average Bonchev–Trinajstić information content (AvgIpc) is 2.41. The van der Waals surface area contributed by atoms with Gasteiger partial charge in [0, 0.05) is 12.4 Å². The van der Waals surface area contributed by atoms with Crippen molar-refractivity contribution in [2.75, 3.05) is 0 Å². The third kappa shape index (κ3) is 3.83. The quantitative estimate of drug-likeness (QED) is 0.653. The number of hydrazone groups is 1. The van der Waals surface area contributed by atoms with Gasteiger partial charge in [-0.2, -0.15) is 5.10 Å². The highest BCUT2D eigenvalue weighted by atomic mass is 16.2. The summed E-state index contributed by atoms with van der Waals surface area (Å²) in [5.74, 6) is -0.157. The number of nitrogens with zero attached hydrogens (tertiary/aromatic N) is 2. The van der Waals surface area contributed by atoms with Gasteiger partial charge in [-0.3, -0.25) is 9.78 Å². The van der Waals surface area contributed by atoms with Crippen LogP contribution < -0.4 is 5.43 Å². The predicted molar refractivity (Wildman–Crippen MR) is 70.1 cm³/mol. The van der Waals surface area contributed by atoms with Gasteiger partial charge in [0.05, 0.1) is 12.6 Å². The summed E-state index contributed by atoms with van der Waals surface area (Å²) in [7, 11) is 0. The van der Waals surface area contributed by atoms with Crippen molar-refractivity contribution in [1.82, 2.24) is 10.4 Å². The van der Waals surface area contributed by atoms with Crippen molar-refractivity contribution in [1.29, 1.82) is 0 Å². The Morgan fingerprint density at radius 2 is 2.06 bits per heavy atom. The molecule has 0 fully saturated rings. The Kier molecular flexibility index (Phi) is 4.19. The van der Waals surface area contributed by atoms with Gasteiger partial charge in [0.15, 0.2) is 0 Å². The molecule has 4 heteroatoms. The molecule has 90 valence electrons. The summed E-state index contributed by atoms with van der Waals surface area (Å²) in [6.07, 6.45) is 5.23. The van der Waals surface area contributed by atoms with Gasteiger partial charge >= 0.3 is 0 Å². The van der Waals surface area contributed by atoms with Crippen LogP contribution in [0.3, 0.4) is 0 Å². The fourth-order valence-electron chi connectivity index (χ4n) is 1.45. The Hall–Kier alpha value is -2.49. The molecule has 2 aromatic rings. The van der Waals surface area contributed by atoms with Gasteiger partial charge in [0.25, 0.3) is 0 Å². The van der Waals surface area contributed by atoms with Gasteiger partial charge in [-0.25, -0.2) is 5.43 Å². The van der Waals surface area contributed by atoms with Gasteiger partial charge in [-0.15, -0.1) is 0 Å². The smallest absolute Gasteiger partial charge is 0.244 e.